The molecule has 2 amide bonds. The highest BCUT2D eigenvalue weighted by Gasteiger charge is 2.24. The van der Waals surface area contributed by atoms with E-state index in [1.54, 1.807) is 6.20 Å². The van der Waals surface area contributed by atoms with Crippen LogP contribution in [0.2, 0.25) is 0 Å². The number of aliphatic hydroxyl groups excluding tert-OH is 1. The van der Waals surface area contributed by atoms with Crippen molar-refractivity contribution >= 4 is 6.03 Å². The summed E-state index contributed by atoms with van der Waals surface area (Å²) in [5.41, 5.74) is 3.11. The Morgan fingerprint density at radius 2 is 1.96 bits per heavy atom. The fourth-order valence-electron chi connectivity index (χ4n) is 3.43. The van der Waals surface area contributed by atoms with E-state index in [-0.39, 0.29) is 18.7 Å². The second-order valence-corrected chi connectivity index (χ2v) is 7.05. The number of aliphatic hydroxyl groups is 1. The van der Waals surface area contributed by atoms with Gasteiger partial charge < -0.3 is 20.3 Å². The van der Waals surface area contributed by atoms with Crippen LogP contribution in [-0.4, -0.2) is 57.1 Å². The Bertz CT molecular complexity index is 752. The van der Waals surface area contributed by atoms with Crippen molar-refractivity contribution in [3.05, 3.63) is 53.1 Å². The van der Waals surface area contributed by atoms with Gasteiger partial charge in [-0.05, 0) is 24.5 Å². The molecule has 0 radical (unpaired) electrons. The lowest BCUT2D eigenvalue weighted by molar-refractivity contribution is 0.132. The summed E-state index contributed by atoms with van der Waals surface area (Å²) < 4.78 is 0. The molecule has 0 unspecified atom stereocenters. The SMILES string of the molecule is CC[C@@H](NC(=O)N1CCN(Cc2ccccc2CO)CC1)c1ncc(C)[nH]1. The number of carbonyl (C=O) groups excluding carboxylic acids is 1. The first-order valence-corrected chi connectivity index (χ1v) is 9.57. The number of hydrogen-bond acceptors (Lipinski definition) is 4. The largest absolute Gasteiger partial charge is 0.392 e. The molecule has 3 rings (SSSR count). The van der Waals surface area contributed by atoms with E-state index in [9.17, 15) is 9.90 Å². The number of nitrogens with zero attached hydrogens (tertiary/aromatic N) is 3. The van der Waals surface area contributed by atoms with Crippen molar-refractivity contribution in [1.29, 1.82) is 0 Å². The molecule has 1 fully saturated rings. The Morgan fingerprint density at radius 3 is 2.56 bits per heavy atom. The van der Waals surface area contributed by atoms with Crippen LogP contribution in [-0.2, 0) is 13.2 Å². The molecule has 27 heavy (non-hydrogen) atoms. The highest BCUT2D eigenvalue weighted by molar-refractivity contribution is 5.74. The molecule has 2 heterocycles. The smallest absolute Gasteiger partial charge is 0.318 e. The number of H-pyrrole nitrogens is 1. The second-order valence-electron chi connectivity index (χ2n) is 7.05. The van der Waals surface area contributed by atoms with Crippen molar-refractivity contribution in [2.45, 2.75) is 39.5 Å². The lowest BCUT2D eigenvalue weighted by Gasteiger charge is -2.35. The van der Waals surface area contributed by atoms with Crippen molar-refractivity contribution in [3.63, 3.8) is 0 Å². The highest BCUT2D eigenvalue weighted by Crippen LogP contribution is 2.16. The number of aromatic nitrogens is 2. The molecule has 1 saturated heterocycles. The van der Waals surface area contributed by atoms with Crippen molar-refractivity contribution in [3.8, 4) is 0 Å². The van der Waals surface area contributed by atoms with Gasteiger partial charge in [0.15, 0.2) is 0 Å². The Hall–Kier alpha value is -2.38. The monoisotopic (exact) mass is 371 g/mol. The van der Waals surface area contributed by atoms with E-state index < -0.39 is 0 Å². The van der Waals surface area contributed by atoms with Gasteiger partial charge in [-0.3, -0.25) is 4.90 Å². The van der Waals surface area contributed by atoms with Gasteiger partial charge in [0.25, 0.3) is 0 Å². The molecule has 0 aliphatic carbocycles. The van der Waals surface area contributed by atoms with E-state index in [0.717, 1.165) is 48.7 Å². The predicted molar refractivity (Wildman–Crippen MR) is 104 cm³/mol. The zero-order chi connectivity index (χ0) is 19.2. The molecule has 0 spiro atoms. The van der Waals surface area contributed by atoms with Gasteiger partial charge in [-0.2, -0.15) is 0 Å². The van der Waals surface area contributed by atoms with E-state index in [2.05, 4.69) is 26.3 Å². The summed E-state index contributed by atoms with van der Waals surface area (Å²) in [6.45, 7) is 7.90. The van der Waals surface area contributed by atoms with Crippen molar-refractivity contribution < 1.29 is 9.90 Å². The third-order valence-electron chi connectivity index (χ3n) is 5.10. The summed E-state index contributed by atoms with van der Waals surface area (Å²) in [7, 11) is 0. The number of urea groups is 1. The van der Waals surface area contributed by atoms with Crippen molar-refractivity contribution in [1.82, 2.24) is 25.1 Å². The number of imidazole rings is 1. The third kappa shape index (κ3) is 4.87. The average molecular weight is 371 g/mol. The van der Waals surface area contributed by atoms with Gasteiger partial charge in [-0.15, -0.1) is 0 Å². The summed E-state index contributed by atoms with van der Waals surface area (Å²) in [6.07, 6.45) is 2.57. The van der Waals surface area contributed by atoms with Gasteiger partial charge in [-0.1, -0.05) is 31.2 Å². The molecule has 7 nitrogen and oxygen atoms in total. The second kappa shape index (κ2) is 9.01. The molecular weight excluding hydrogens is 342 g/mol. The Balaban J connectivity index is 1.51. The van der Waals surface area contributed by atoms with Crippen LogP contribution in [0.5, 0.6) is 0 Å². The molecule has 3 N–H and O–H groups in total. The van der Waals surface area contributed by atoms with Gasteiger partial charge >= 0.3 is 6.03 Å². The maximum atomic E-state index is 12.6. The molecule has 146 valence electrons. The number of hydrogen-bond donors (Lipinski definition) is 3. The zero-order valence-electron chi connectivity index (χ0n) is 16.1. The Labute approximate surface area is 160 Å². The number of nitrogens with one attached hydrogen (secondary N) is 2. The molecule has 1 aliphatic heterocycles. The number of aromatic amines is 1. The van der Waals surface area contributed by atoms with Crippen molar-refractivity contribution in [2.24, 2.45) is 0 Å². The number of carbonyl (C=O) groups is 1. The van der Waals surface area contributed by atoms with Gasteiger partial charge in [0.1, 0.15) is 5.82 Å². The van der Waals surface area contributed by atoms with Crippen LogP contribution in [0.3, 0.4) is 0 Å². The van der Waals surface area contributed by atoms with Crippen LogP contribution in [0.4, 0.5) is 4.79 Å². The minimum absolute atomic E-state index is 0.0358. The van der Waals surface area contributed by atoms with E-state index in [1.165, 1.54) is 0 Å². The van der Waals surface area contributed by atoms with Gasteiger partial charge in [-0.25, -0.2) is 9.78 Å². The van der Waals surface area contributed by atoms with Crippen LogP contribution in [0.15, 0.2) is 30.5 Å². The summed E-state index contributed by atoms with van der Waals surface area (Å²) >= 11 is 0. The first kappa shape index (κ1) is 19.4. The molecule has 2 aromatic rings. The predicted octanol–water partition coefficient (Wildman–Crippen LogP) is 2.19. The van der Waals surface area contributed by atoms with Crippen LogP contribution in [0.25, 0.3) is 0 Å². The van der Waals surface area contributed by atoms with Crippen LogP contribution < -0.4 is 5.32 Å². The first-order valence-electron chi connectivity index (χ1n) is 9.57. The molecule has 0 saturated carbocycles. The van der Waals surface area contributed by atoms with Crippen LogP contribution >= 0.6 is 0 Å². The minimum Gasteiger partial charge on any atom is -0.392 e. The number of amides is 2. The first-order chi connectivity index (χ1) is 13.1. The van der Waals surface area contributed by atoms with Gasteiger partial charge in [0, 0.05) is 44.6 Å². The fourth-order valence-corrected chi connectivity index (χ4v) is 3.43. The fraction of sp³-hybridized carbons (Fsp3) is 0.500. The maximum absolute atomic E-state index is 12.6. The standard InChI is InChI=1S/C20H29N5O2/c1-3-18(19-21-12-15(2)22-19)23-20(27)25-10-8-24(9-11-25)13-16-6-4-5-7-17(16)14-26/h4-7,12,18,26H,3,8-11,13-14H2,1-2H3,(H,21,22)(H,23,27)/t18-/m1/s1. The summed E-state index contributed by atoms with van der Waals surface area (Å²) in [4.78, 5) is 24.4. The normalized spacial score (nSPS) is 16.3. The number of piperazine rings is 1. The number of rotatable bonds is 6. The molecule has 0 bridgehead atoms. The van der Waals surface area contributed by atoms with E-state index in [1.807, 2.05) is 36.9 Å². The Kier molecular flexibility index (Phi) is 6.47. The van der Waals surface area contributed by atoms with Crippen molar-refractivity contribution in [2.75, 3.05) is 26.2 Å². The van der Waals surface area contributed by atoms with Crippen LogP contribution in [0.1, 0.15) is 42.0 Å². The summed E-state index contributed by atoms with van der Waals surface area (Å²) in [6, 6.07) is 7.83. The maximum Gasteiger partial charge on any atom is 0.318 e. The van der Waals surface area contributed by atoms with Gasteiger partial charge in [0.05, 0.1) is 12.6 Å². The van der Waals surface area contributed by atoms with E-state index in [0.29, 0.717) is 13.1 Å². The molecule has 1 aliphatic rings. The van der Waals surface area contributed by atoms with E-state index >= 15 is 0 Å². The summed E-state index contributed by atoms with van der Waals surface area (Å²) in [5.74, 6) is 0.808. The zero-order valence-corrected chi connectivity index (χ0v) is 16.1. The highest BCUT2D eigenvalue weighted by atomic mass is 16.3. The summed E-state index contributed by atoms with van der Waals surface area (Å²) in [5, 5.41) is 12.6. The molecule has 1 atom stereocenters. The average Bonchev–Trinajstić information content (AvgIpc) is 3.13. The van der Waals surface area contributed by atoms with E-state index in [4.69, 9.17) is 0 Å². The molecule has 7 heteroatoms. The van der Waals surface area contributed by atoms with Crippen LogP contribution in [0, 0.1) is 6.92 Å². The topological polar surface area (TPSA) is 84.5 Å². The lowest BCUT2D eigenvalue weighted by Crippen LogP contribution is -2.52. The number of benzene rings is 1. The minimum atomic E-state index is -0.0966. The molecular formula is C20H29N5O2. The van der Waals surface area contributed by atoms with Gasteiger partial charge in [0.2, 0.25) is 0 Å². The molecule has 1 aromatic heterocycles. The Morgan fingerprint density at radius 1 is 1.26 bits per heavy atom. The molecule has 1 aromatic carbocycles. The third-order valence-corrected chi connectivity index (χ3v) is 5.10. The quantitative estimate of drug-likeness (QED) is 0.727. The number of aryl methyl sites for hydroxylation is 1. The lowest BCUT2D eigenvalue weighted by atomic mass is 10.1.